The number of nitrogens with one attached hydrogen (secondary N) is 1. The molecule has 4 nitrogen and oxygen atoms in total. The fourth-order valence-electron chi connectivity index (χ4n) is 2.11. The number of hydrogen-bond donors (Lipinski definition) is 1. The van der Waals surface area contributed by atoms with Crippen molar-refractivity contribution in [3.05, 3.63) is 60.0 Å². The zero-order valence-electron chi connectivity index (χ0n) is 10.6. The van der Waals surface area contributed by atoms with Gasteiger partial charge in [-0.25, -0.2) is 0 Å². The highest BCUT2D eigenvalue weighted by atomic mass is 35.5. The Morgan fingerprint density at radius 1 is 1.20 bits per heavy atom. The van der Waals surface area contributed by atoms with Crippen LogP contribution in [-0.2, 0) is 11.3 Å². The Morgan fingerprint density at radius 3 is 2.80 bits per heavy atom. The Balaban J connectivity index is 1.80. The number of halogens is 1. The molecule has 0 fully saturated rings. The van der Waals surface area contributed by atoms with Gasteiger partial charge in [0.15, 0.2) is 0 Å². The average molecular weight is 286 g/mol. The number of rotatable bonds is 3. The third-order valence-corrected chi connectivity index (χ3v) is 3.37. The number of hydrogen-bond acceptors (Lipinski definition) is 2. The van der Waals surface area contributed by atoms with Gasteiger partial charge in [0.1, 0.15) is 6.54 Å². The van der Waals surface area contributed by atoms with Crippen LogP contribution in [0.5, 0.6) is 0 Å². The lowest BCUT2D eigenvalue weighted by Gasteiger charge is -2.07. The molecule has 0 aliphatic heterocycles. The van der Waals surface area contributed by atoms with Gasteiger partial charge in [-0.2, -0.15) is 0 Å². The molecule has 2 aromatic heterocycles. The minimum atomic E-state index is -0.0892. The van der Waals surface area contributed by atoms with Crippen LogP contribution >= 0.6 is 11.6 Å². The third-order valence-electron chi connectivity index (χ3n) is 3.04. The third kappa shape index (κ3) is 2.51. The van der Waals surface area contributed by atoms with Crippen LogP contribution in [0, 0.1) is 0 Å². The highest BCUT2D eigenvalue weighted by Crippen LogP contribution is 2.24. The van der Waals surface area contributed by atoms with E-state index in [1.807, 2.05) is 35.0 Å². The van der Waals surface area contributed by atoms with Crippen LogP contribution in [0.1, 0.15) is 0 Å². The predicted octanol–water partition coefficient (Wildman–Crippen LogP) is 3.33. The van der Waals surface area contributed by atoms with E-state index < -0.39 is 0 Å². The van der Waals surface area contributed by atoms with Gasteiger partial charge in [-0.1, -0.05) is 17.7 Å². The Bertz CT molecular complexity index is 752. The standard InChI is InChI=1S/C15H12ClN3O/c16-13-2-1-3-14-12(13)6-9-19(14)10-15(20)18-11-4-7-17-8-5-11/h1-9H,10H2,(H,17,18,20). The molecule has 0 saturated carbocycles. The summed E-state index contributed by atoms with van der Waals surface area (Å²) in [7, 11) is 0. The van der Waals surface area contributed by atoms with Crippen LogP contribution in [-0.4, -0.2) is 15.5 Å². The summed E-state index contributed by atoms with van der Waals surface area (Å²) in [4.78, 5) is 15.9. The molecule has 0 aliphatic rings. The van der Waals surface area contributed by atoms with Crippen molar-refractivity contribution < 1.29 is 4.79 Å². The van der Waals surface area contributed by atoms with Crippen LogP contribution in [0.15, 0.2) is 55.0 Å². The van der Waals surface area contributed by atoms with E-state index in [-0.39, 0.29) is 12.5 Å². The maximum absolute atomic E-state index is 12.0. The number of amides is 1. The molecular weight excluding hydrogens is 274 g/mol. The molecule has 0 bridgehead atoms. The van der Waals surface area contributed by atoms with Crippen molar-refractivity contribution in [3.63, 3.8) is 0 Å². The molecule has 100 valence electrons. The molecule has 3 rings (SSSR count). The summed E-state index contributed by atoms with van der Waals surface area (Å²) in [6, 6.07) is 11.1. The van der Waals surface area contributed by atoms with Gasteiger partial charge in [-0.15, -0.1) is 0 Å². The second kappa shape index (κ2) is 5.35. The van der Waals surface area contributed by atoms with Gasteiger partial charge < -0.3 is 9.88 Å². The molecule has 0 aliphatic carbocycles. The molecule has 0 saturated heterocycles. The van der Waals surface area contributed by atoms with Crippen LogP contribution in [0.3, 0.4) is 0 Å². The Labute approximate surface area is 121 Å². The van der Waals surface area contributed by atoms with E-state index in [0.717, 1.165) is 16.6 Å². The SMILES string of the molecule is O=C(Cn1ccc2c(Cl)cccc21)Nc1ccncc1. The van der Waals surface area contributed by atoms with Crippen LogP contribution < -0.4 is 5.32 Å². The van der Waals surface area contributed by atoms with Gasteiger partial charge in [0.25, 0.3) is 0 Å². The van der Waals surface area contributed by atoms with E-state index in [1.165, 1.54) is 0 Å². The molecule has 0 atom stereocenters. The molecule has 20 heavy (non-hydrogen) atoms. The molecule has 0 radical (unpaired) electrons. The summed E-state index contributed by atoms with van der Waals surface area (Å²) in [6.45, 7) is 0.242. The second-order valence-corrected chi connectivity index (χ2v) is 4.81. The van der Waals surface area contributed by atoms with E-state index in [2.05, 4.69) is 10.3 Å². The fraction of sp³-hybridized carbons (Fsp3) is 0.0667. The summed E-state index contributed by atoms with van der Waals surface area (Å²) < 4.78 is 1.87. The molecule has 0 unspecified atom stereocenters. The maximum Gasteiger partial charge on any atom is 0.244 e. The number of carbonyl (C=O) groups is 1. The molecular formula is C15H12ClN3O. The molecule has 5 heteroatoms. The predicted molar refractivity (Wildman–Crippen MR) is 79.8 cm³/mol. The molecule has 1 amide bonds. The molecule has 2 heterocycles. The van der Waals surface area contributed by atoms with E-state index >= 15 is 0 Å². The topological polar surface area (TPSA) is 46.9 Å². The summed E-state index contributed by atoms with van der Waals surface area (Å²) in [5.74, 6) is -0.0892. The number of aromatic nitrogens is 2. The van der Waals surface area contributed by atoms with Gasteiger partial charge in [-0.05, 0) is 30.3 Å². The summed E-state index contributed by atoms with van der Waals surface area (Å²) in [5.41, 5.74) is 1.68. The van der Waals surface area contributed by atoms with Crippen molar-refractivity contribution >= 4 is 34.1 Å². The lowest BCUT2D eigenvalue weighted by atomic mass is 10.2. The van der Waals surface area contributed by atoms with Crippen LogP contribution in [0.4, 0.5) is 5.69 Å². The molecule has 1 aromatic carbocycles. The number of nitrogens with zero attached hydrogens (tertiary/aromatic N) is 2. The maximum atomic E-state index is 12.0. The summed E-state index contributed by atoms with van der Waals surface area (Å²) in [6.07, 6.45) is 5.14. The van der Waals surface area contributed by atoms with Gasteiger partial charge in [-0.3, -0.25) is 9.78 Å². The number of anilines is 1. The minimum absolute atomic E-state index is 0.0892. The van der Waals surface area contributed by atoms with Crippen molar-refractivity contribution in [2.24, 2.45) is 0 Å². The first kappa shape index (κ1) is 12.7. The van der Waals surface area contributed by atoms with E-state index in [9.17, 15) is 4.79 Å². The average Bonchev–Trinajstić information content (AvgIpc) is 2.84. The summed E-state index contributed by atoms with van der Waals surface area (Å²) in [5, 5.41) is 4.47. The number of pyridine rings is 1. The van der Waals surface area contributed by atoms with Crippen molar-refractivity contribution in [2.75, 3.05) is 5.32 Å². The van der Waals surface area contributed by atoms with E-state index in [0.29, 0.717) is 5.02 Å². The first-order valence-corrected chi connectivity index (χ1v) is 6.55. The fourth-order valence-corrected chi connectivity index (χ4v) is 2.35. The zero-order chi connectivity index (χ0) is 13.9. The highest BCUT2D eigenvalue weighted by Gasteiger charge is 2.08. The van der Waals surface area contributed by atoms with E-state index in [4.69, 9.17) is 11.6 Å². The van der Waals surface area contributed by atoms with E-state index in [1.54, 1.807) is 24.5 Å². The van der Waals surface area contributed by atoms with Crippen molar-refractivity contribution in [2.45, 2.75) is 6.54 Å². The Kier molecular flexibility index (Phi) is 3.39. The van der Waals surface area contributed by atoms with Gasteiger partial charge in [0.05, 0.1) is 0 Å². The lowest BCUT2D eigenvalue weighted by molar-refractivity contribution is -0.116. The molecule has 0 spiro atoms. The van der Waals surface area contributed by atoms with Crippen LogP contribution in [0.2, 0.25) is 5.02 Å². The van der Waals surface area contributed by atoms with Gasteiger partial charge in [0.2, 0.25) is 5.91 Å². The number of fused-ring (bicyclic) bond motifs is 1. The largest absolute Gasteiger partial charge is 0.338 e. The highest BCUT2D eigenvalue weighted by molar-refractivity contribution is 6.35. The quantitative estimate of drug-likeness (QED) is 0.802. The van der Waals surface area contributed by atoms with Crippen molar-refractivity contribution in [1.29, 1.82) is 0 Å². The minimum Gasteiger partial charge on any atom is -0.338 e. The van der Waals surface area contributed by atoms with Crippen LogP contribution in [0.25, 0.3) is 10.9 Å². The number of benzene rings is 1. The van der Waals surface area contributed by atoms with Gasteiger partial charge >= 0.3 is 0 Å². The van der Waals surface area contributed by atoms with Crippen molar-refractivity contribution in [3.8, 4) is 0 Å². The van der Waals surface area contributed by atoms with Gasteiger partial charge in [0, 0.05) is 40.2 Å². The Morgan fingerprint density at radius 2 is 2.00 bits per heavy atom. The zero-order valence-corrected chi connectivity index (χ0v) is 11.3. The monoisotopic (exact) mass is 285 g/mol. The molecule has 1 N–H and O–H groups in total. The molecule has 3 aromatic rings. The first-order valence-electron chi connectivity index (χ1n) is 6.17. The number of carbonyl (C=O) groups excluding carboxylic acids is 1. The van der Waals surface area contributed by atoms with Crippen molar-refractivity contribution in [1.82, 2.24) is 9.55 Å². The first-order chi connectivity index (χ1) is 9.74. The Hall–Kier alpha value is -2.33. The summed E-state index contributed by atoms with van der Waals surface area (Å²) >= 11 is 6.12. The second-order valence-electron chi connectivity index (χ2n) is 4.40. The lowest BCUT2D eigenvalue weighted by Crippen LogP contribution is -2.18. The normalized spacial score (nSPS) is 10.7. The smallest absolute Gasteiger partial charge is 0.244 e.